The van der Waals surface area contributed by atoms with Gasteiger partial charge in [0.15, 0.2) is 0 Å². The predicted octanol–water partition coefficient (Wildman–Crippen LogP) is 1.11. The van der Waals surface area contributed by atoms with E-state index in [9.17, 15) is 13.2 Å². The first kappa shape index (κ1) is 11.7. The van der Waals surface area contributed by atoms with E-state index in [1.54, 1.807) is 6.92 Å². The lowest BCUT2D eigenvalue weighted by molar-refractivity contribution is 0.0521. The Hall–Kier alpha value is -1.40. The van der Waals surface area contributed by atoms with Crippen molar-refractivity contribution in [2.24, 2.45) is 0 Å². The molecular weight excluding hydrogens is 220 g/mol. The van der Waals surface area contributed by atoms with Crippen LogP contribution in [0.5, 0.6) is 0 Å². The van der Waals surface area contributed by atoms with Gasteiger partial charge in [-0.2, -0.15) is 8.42 Å². The molecule has 1 aromatic carbocycles. The molecule has 0 heterocycles. The normalized spacial score (nSPS) is 11.1. The van der Waals surface area contributed by atoms with Gasteiger partial charge in [0.05, 0.1) is 12.2 Å². The molecule has 0 unspecified atom stereocenters. The highest BCUT2D eigenvalue weighted by atomic mass is 32.2. The number of rotatable bonds is 3. The summed E-state index contributed by atoms with van der Waals surface area (Å²) in [6.07, 6.45) is 0. The maximum Gasteiger partial charge on any atom is 0.339 e. The average molecular weight is 230 g/mol. The first-order valence-electron chi connectivity index (χ1n) is 4.20. The molecular formula is C9H10O5S. The van der Waals surface area contributed by atoms with Crippen molar-refractivity contribution in [1.82, 2.24) is 0 Å². The van der Waals surface area contributed by atoms with Gasteiger partial charge in [-0.3, -0.25) is 4.55 Å². The zero-order valence-electron chi connectivity index (χ0n) is 8.00. The highest BCUT2D eigenvalue weighted by molar-refractivity contribution is 7.86. The smallest absolute Gasteiger partial charge is 0.339 e. The van der Waals surface area contributed by atoms with Crippen LogP contribution in [0.4, 0.5) is 0 Å². The zero-order chi connectivity index (χ0) is 11.5. The van der Waals surface area contributed by atoms with Crippen LogP contribution in [-0.4, -0.2) is 25.5 Å². The van der Waals surface area contributed by atoms with Gasteiger partial charge in [-0.05, 0) is 19.1 Å². The third-order valence-corrected chi connectivity index (χ3v) is 2.57. The Kier molecular flexibility index (Phi) is 3.43. The quantitative estimate of drug-likeness (QED) is 0.621. The third kappa shape index (κ3) is 2.77. The lowest BCUT2D eigenvalue weighted by atomic mass is 10.2. The SMILES string of the molecule is CCOC(=O)c1ccccc1S(=O)(=O)O. The van der Waals surface area contributed by atoms with Crippen LogP contribution in [0.1, 0.15) is 17.3 Å². The van der Waals surface area contributed by atoms with Crippen molar-refractivity contribution >= 4 is 16.1 Å². The predicted molar refractivity (Wildman–Crippen MR) is 52.2 cm³/mol. The summed E-state index contributed by atoms with van der Waals surface area (Å²) in [5.74, 6) is -0.772. The Balaban J connectivity index is 3.25. The van der Waals surface area contributed by atoms with Crippen molar-refractivity contribution < 1.29 is 22.5 Å². The van der Waals surface area contributed by atoms with Gasteiger partial charge in [0.2, 0.25) is 0 Å². The van der Waals surface area contributed by atoms with Crippen molar-refractivity contribution in [2.45, 2.75) is 11.8 Å². The van der Waals surface area contributed by atoms with Gasteiger partial charge in [0.1, 0.15) is 4.90 Å². The summed E-state index contributed by atoms with van der Waals surface area (Å²) in [7, 11) is -4.40. The van der Waals surface area contributed by atoms with Crippen LogP contribution in [0.3, 0.4) is 0 Å². The molecule has 1 N–H and O–H groups in total. The molecule has 1 aromatic rings. The van der Waals surface area contributed by atoms with E-state index in [1.165, 1.54) is 18.2 Å². The molecule has 0 atom stereocenters. The molecule has 0 aliphatic heterocycles. The number of carbonyl (C=O) groups is 1. The molecule has 0 fully saturated rings. The highest BCUT2D eigenvalue weighted by Gasteiger charge is 2.20. The van der Waals surface area contributed by atoms with Crippen LogP contribution < -0.4 is 0 Å². The van der Waals surface area contributed by atoms with E-state index in [0.29, 0.717) is 0 Å². The van der Waals surface area contributed by atoms with Crippen LogP contribution in [0.15, 0.2) is 29.2 Å². The molecule has 0 bridgehead atoms. The van der Waals surface area contributed by atoms with Crippen molar-refractivity contribution in [2.75, 3.05) is 6.61 Å². The number of esters is 1. The monoisotopic (exact) mass is 230 g/mol. The lowest BCUT2D eigenvalue weighted by Crippen LogP contribution is -2.11. The molecule has 0 radical (unpaired) electrons. The van der Waals surface area contributed by atoms with Crippen LogP contribution in [-0.2, 0) is 14.9 Å². The molecule has 5 nitrogen and oxygen atoms in total. The molecule has 0 saturated carbocycles. The summed E-state index contributed by atoms with van der Waals surface area (Å²) in [5.41, 5.74) is -0.165. The lowest BCUT2D eigenvalue weighted by Gasteiger charge is -2.05. The van der Waals surface area contributed by atoms with E-state index in [4.69, 9.17) is 4.55 Å². The Morgan fingerprint density at radius 2 is 2.00 bits per heavy atom. The van der Waals surface area contributed by atoms with Gasteiger partial charge in [-0.25, -0.2) is 4.79 Å². The topological polar surface area (TPSA) is 80.7 Å². The molecule has 0 aliphatic rings. The number of carbonyl (C=O) groups excluding carboxylic acids is 1. The highest BCUT2D eigenvalue weighted by Crippen LogP contribution is 2.15. The minimum Gasteiger partial charge on any atom is -0.462 e. The summed E-state index contributed by atoms with van der Waals surface area (Å²) >= 11 is 0. The standard InChI is InChI=1S/C9H10O5S/c1-2-14-9(10)7-5-3-4-6-8(7)15(11,12)13/h3-6H,2H2,1H3,(H,11,12,13). The van der Waals surface area contributed by atoms with E-state index in [2.05, 4.69) is 4.74 Å². The molecule has 1 rings (SSSR count). The molecule has 6 heteroatoms. The molecule has 0 spiro atoms. The van der Waals surface area contributed by atoms with Gasteiger partial charge >= 0.3 is 5.97 Å². The fourth-order valence-corrected chi connectivity index (χ4v) is 1.75. The molecule has 82 valence electrons. The average Bonchev–Trinajstić information content (AvgIpc) is 2.17. The Morgan fingerprint density at radius 3 is 2.53 bits per heavy atom. The number of benzene rings is 1. The summed E-state index contributed by atoms with van der Waals surface area (Å²) < 4.78 is 35.3. The van der Waals surface area contributed by atoms with Crippen LogP contribution >= 0.6 is 0 Å². The molecule has 0 saturated heterocycles. The van der Waals surface area contributed by atoms with Gasteiger partial charge in [-0.15, -0.1) is 0 Å². The first-order chi connectivity index (χ1) is 6.96. The second-order valence-corrected chi connectivity index (χ2v) is 4.08. The van der Waals surface area contributed by atoms with E-state index < -0.39 is 21.0 Å². The van der Waals surface area contributed by atoms with Crippen molar-refractivity contribution in [3.05, 3.63) is 29.8 Å². The summed E-state index contributed by atoms with van der Waals surface area (Å²) in [6.45, 7) is 1.74. The first-order valence-corrected chi connectivity index (χ1v) is 5.64. The Labute approximate surface area is 87.4 Å². The van der Waals surface area contributed by atoms with E-state index in [1.807, 2.05) is 0 Å². The van der Waals surface area contributed by atoms with Gasteiger partial charge in [0.25, 0.3) is 10.1 Å². The minimum atomic E-state index is -4.40. The van der Waals surface area contributed by atoms with E-state index in [-0.39, 0.29) is 12.2 Å². The van der Waals surface area contributed by atoms with Crippen LogP contribution in [0.2, 0.25) is 0 Å². The second kappa shape index (κ2) is 4.41. The van der Waals surface area contributed by atoms with Gasteiger partial charge in [0, 0.05) is 0 Å². The summed E-state index contributed by atoms with van der Waals surface area (Å²) in [5, 5.41) is 0. The Morgan fingerprint density at radius 1 is 1.40 bits per heavy atom. The summed E-state index contributed by atoms with van der Waals surface area (Å²) in [4.78, 5) is 10.9. The van der Waals surface area contributed by atoms with Crippen molar-refractivity contribution in [3.8, 4) is 0 Å². The number of hydrogen-bond donors (Lipinski definition) is 1. The van der Waals surface area contributed by atoms with Gasteiger partial charge in [-0.1, -0.05) is 12.1 Å². The number of hydrogen-bond acceptors (Lipinski definition) is 4. The summed E-state index contributed by atoms with van der Waals surface area (Å²) in [6, 6.07) is 5.31. The molecule has 15 heavy (non-hydrogen) atoms. The van der Waals surface area contributed by atoms with Crippen molar-refractivity contribution in [3.63, 3.8) is 0 Å². The number of ether oxygens (including phenoxy) is 1. The van der Waals surface area contributed by atoms with Crippen LogP contribution in [0.25, 0.3) is 0 Å². The second-order valence-electron chi connectivity index (χ2n) is 2.69. The molecule has 0 aliphatic carbocycles. The largest absolute Gasteiger partial charge is 0.462 e. The molecule has 0 aromatic heterocycles. The molecule has 0 amide bonds. The maximum atomic E-state index is 11.3. The fourth-order valence-electron chi connectivity index (χ4n) is 1.07. The van der Waals surface area contributed by atoms with E-state index >= 15 is 0 Å². The van der Waals surface area contributed by atoms with Crippen LogP contribution in [0, 0.1) is 0 Å². The fraction of sp³-hybridized carbons (Fsp3) is 0.222. The Bertz CT molecular complexity index is 463. The zero-order valence-corrected chi connectivity index (χ0v) is 8.82. The maximum absolute atomic E-state index is 11.3. The van der Waals surface area contributed by atoms with E-state index in [0.717, 1.165) is 6.07 Å². The third-order valence-electron chi connectivity index (χ3n) is 1.66. The minimum absolute atomic E-state index is 0.138. The van der Waals surface area contributed by atoms with Crippen molar-refractivity contribution in [1.29, 1.82) is 0 Å². The van der Waals surface area contributed by atoms with Gasteiger partial charge < -0.3 is 4.74 Å².